The molecule has 0 fully saturated rings. The second-order valence-electron chi connectivity index (χ2n) is 4.51. The molecule has 1 aromatic heterocycles. The third-order valence-corrected chi connectivity index (χ3v) is 4.20. The Labute approximate surface area is 130 Å². The maximum absolute atomic E-state index is 12.0. The molecule has 5 nitrogen and oxygen atoms in total. The number of thiazole rings is 1. The van der Waals surface area contributed by atoms with Crippen LogP contribution in [0.25, 0.3) is 0 Å². The summed E-state index contributed by atoms with van der Waals surface area (Å²) in [6.45, 7) is 3.48. The first-order chi connectivity index (χ1) is 9.86. The fourth-order valence-electron chi connectivity index (χ4n) is 1.79. The summed E-state index contributed by atoms with van der Waals surface area (Å²) < 4.78 is 0. The van der Waals surface area contributed by atoms with Crippen LogP contribution < -0.4 is 5.32 Å². The van der Waals surface area contributed by atoms with Crippen LogP contribution in [0.3, 0.4) is 0 Å². The van der Waals surface area contributed by atoms with E-state index < -0.39 is 5.97 Å². The lowest BCUT2D eigenvalue weighted by atomic mass is 10.2. The molecular weight excluding hydrogens is 312 g/mol. The van der Waals surface area contributed by atoms with E-state index in [0.29, 0.717) is 21.4 Å². The fourth-order valence-corrected chi connectivity index (χ4v) is 2.86. The molecule has 1 heterocycles. The van der Waals surface area contributed by atoms with Crippen molar-refractivity contribution < 1.29 is 14.7 Å². The van der Waals surface area contributed by atoms with Gasteiger partial charge in [0.05, 0.1) is 12.1 Å². The molecular formula is C14H13ClN2O3S. The van der Waals surface area contributed by atoms with Gasteiger partial charge in [0.25, 0.3) is 0 Å². The molecule has 0 unspecified atom stereocenters. The number of anilines is 1. The summed E-state index contributed by atoms with van der Waals surface area (Å²) >= 11 is 6.91. The predicted molar refractivity (Wildman–Crippen MR) is 82.3 cm³/mol. The zero-order chi connectivity index (χ0) is 15.6. The summed E-state index contributed by atoms with van der Waals surface area (Å²) in [6.07, 6.45) is 0.0325. The molecule has 0 saturated carbocycles. The van der Waals surface area contributed by atoms with Gasteiger partial charge in [-0.15, -0.1) is 11.3 Å². The smallest absolute Gasteiger partial charge is 0.347 e. The monoisotopic (exact) mass is 324 g/mol. The van der Waals surface area contributed by atoms with Crippen LogP contribution in [0.4, 0.5) is 5.69 Å². The molecule has 0 aliphatic carbocycles. The van der Waals surface area contributed by atoms with Crippen LogP contribution in [0.2, 0.25) is 5.02 Å². The molecule has 0 atom stereocenters. The van der Waals surface area contributed by atoms with E-state index in [2.05, 4.69) is 10.3 Å². The van der Waals surface area contributed by atoms with Crippen molar-refractivity contribution in [2.24, 2.45) is 0 Å². The number of rotatable bonds is 4. The highest BCUT2D eigenvalue weighted by atomic mass is 35.5. The number of aromatic nitrogens is 1. The molecule has 2 aromatic rings. The lowest BCUT2D eigenvalue weighted by molar-refractivity contribution is -0.115. The van der Waals surface area contributed by atoms with E-state index in [1.807, 2.05) is 13.0 Å². The van der Waals surface area contributed by atoms with Crippen LogP contribution in [0.1, 0.15) is 25.9 Å². The Kier molecular flexibility index (Phi) is 4.59. The van der Waals surface area contributed by atoms with E-state index in [0.717, 1.165) is 16.9 Å². The summed E-state index contributed by atoms with van der Waals surface area (Å²) in [7, 11) is 0. The Bertz CT molecular complexity index is 712. The SMILES string of the molecule is Cc1ccc(Cl)cc1NC(=O)Cc1nc(C)c(C(=O)O)s1. The third-order valence-electron chi connectivity index (χ3n) is 2.82. The molecule has 1 aromatic carbocycles. The highest BCUT2D eigenvalue weighted by Gasteiger charge is 2.16. The number of halogens is 1. The Morgan fingerprint density at radius 1 is 1.38 bits per heavy atom. The number of carboxylic acid groups (broad SMARTS) is 1. The van der Waals surface area contributed by atoms with Crippen molar-refractivity contribution in [3.8, 4) is 0 Å². The van der Waals surface area contributed by atoms with Crippen LogP contribution in [0.15, 0.2) is 18.2 Å². The van der Waals surface area contributed by atoms with Gasteiger partial charge < -0.3 is 10.4 Å². The van der Waals surface area contributed by atoms with Crippen molar-refractivity contribution in [1.29, 1.82) is 0 Å². The van der Waals surface area contributed by atoms with Gasteiger partial charge >= 0.3 is 5.97 Å². The summed E-state index contributed by atoms with van der Waals surface area (Å²) in [6, 6.07) is 5.23. The molecule has 21 heavy (non-hydrogen) atoms. The van der Waals surface area contributed by atoms with E-state index in [-0.39, 0.29) is 17.2 Å². The molecule has 0 bridgehead atoms. The van der Waals surface area contributed by atoms with Crippen LogP contribution >= 0.6 is 22.9 Å². The number of nitrogens with zero attached hydrogens (tertiary/aromatic N) is 1. The minimum Gasteiger partial charge on any atom is -0.477 e. The lowest BCUT2D eigenvalue weighted by Crippen LogP contribution is -2.15. The van der Waals surface area contributed by atoms with Crippen molar-refractivity contribution in [2.75, 3.05) is 5.32 Å². The number of nitrogens with one attached hydrogen (secondary N) is 1. The van der Waals surface area contributed by atoms with Crippen LogP contribution in [0.5, 0.6) is 0 Å². The number of aryl methyl sites for hydroxylation is 2. The maximum atomic E-state index is 12.0. The number of amides is 1. The minimum absolute atomic E-state index is 0.0325. The first-order valence-electron chi connectivity index (χ1n) is 6.12. The summed E-state index contributed by atoms with van der Waals surface area (Å²) in [5.41, 5.74) is 1.96. The van der Waals surface area contributed by atoms with Crippen LogP contribution in [-0.4, -0.2) is 22.0 Å². The number of aromatic carboxylic acids is 1. The molecule has 0 saturated heterocycles. The number of hydrogen-bond donors (Lipinski definition) is 2. The molecule has 0 spiro atoms. The van der Waals surface area contributed by atoms with E-state index in [9.17, 15) is 9.59 Å². The zero-order valence-electron chi connectivity index (χ0n) is 11.4. The van der Waals surface area contributed by atoms with Gasteiger partial charge in [0.2, 0.25) is 5.91 Å². The van der Waals surface area contributed by atoms with Gasteiger partial charge in [-0.25, -0.2) is 9.78 Å². The van der Waals surface area contributed by atoms with Crippen LogP contribution in [-0.2, 0) is 11.2 Å². The van der Waals surface area contributed by atoms with Gasteiger partial charge in [-0.3, -0.25) is 4.79 Å². The van der Waals surface area contributed by atoms with Gasteiger partial charge in [0, 0.05) is 10.7 Å². The van der Waals surface area contributed by atoms with E-state index in [1.54, 1.807) is 19.1 Å². The first kappa shape index (κ1) is 15.5. The van der Waals surface area contributed by atoms with Crippen LogP contribution in [0, 0.1) is 13.8 Å². The molecule has 2 N–H and O–H groups in total. The summed E-state index contributed by atoms with van der Waals surface area (Å²) in [4.78, 5) is 27.2. The van der Waals surface area contributed by atoms with Crippen molar-refractivity contribution in [2.45, 2.75) is 20.3 Å². The maximum Gasteiger partial charge on any atom is 0.347 e. The van der Waals surface area contributed by atoms with E-state index in [4.69, 9.17) is 16.7 Å². The average molecular weight is 325 g/mol. The lowest BCUT2D eigenvalue weighted by Gasteiger charge is -2.07. The number of benzene rings is 1. The summed E-state index contributed by atoms with van der Waals surface area (Å²) in [5, 5.41) is 12.7. The Hall–Kier alpha value is -1.92. The number of carboxylic acids is 1. The molecule has 110 valence electrons. The van der Waals surface area contributed by atoms with Gasteiger partial charge in [-0.2, -0.15) is 0 Å². The Balaban J connectivity index is 2.10. The normalized spacial score (nSPS) is 10.4. The highest BCUT2D eigenvalue weighted by molar-refractivity contribution is 7.13. The topological polar surface area (TPSA) is 79.3 Å². The standard InChI is InChI=1S/C14H13ClN2O3S/c1-7-3-4-9(15)5-10(7)17-11(18)6-12-16-8(2)13(21-12)14(19)20/h3-5H,6H2,1-2H3,(H,17,18)(H,19,20). The zero-order valence-corrected chi connectivity index (χ0v) is 13.0. The molecule has 2 rings (SSSR count). The van der Waals surface area contributed by atoms with Gasteiger partial charge in [-0.05, 0) is 31.5 Å². The van der Waals surface area contributed by atoms with E-state index >= 15 is 0 Å². The Morgan fingerprint density at radius 2 is 2.10 bits per heavy atom. The first-order valence-corrected chi connectivity index (χ1v) is 7.32. The number of carbonyl (C=O) groups excluding carboxylic acids is 1. The molecule has 0 aliphatic rings. The van der Waals surface area contributed by atoms with Crippen molar-refractivity contribution >= 4 is 40.5 Å². The van der Waals surface area contributed by atoms with E-state index in [1.165, 1.54) is 0 Å². The molecule has 0 radical (unpaired) electrons. The van der Waals surface area contributed by atoms with Crippen molar-refractivity contribution in [3.05, 3.63) is 44.4 Å². The van der Waals surface area contributed by atoms with Gasteiger partial charge in [-0.1, -0.05) is 17.7 Å². The van der Waals surface area contributed by atoms with Crippen molar-refractivity contribution in [3.63, 3.8) is 0 Å². The second-order valence-corrected chi connectivity index (χ2v) is 6.03. The third kappa shape index (κ3) is 3.80. The highest BCUT2D eigenvalue weighted by Crippen LogP contribution is 2.22. The summed E-state index contributed by atoms with van der Waals surface area (Å²) in [5.74, 6) is -1.28. The van der Waals surface area contributed by atoms with Crippen molar-refractivity contribution in [1.82, 2.24) is 4.98 Å². The van der Waals surface area contributed by atoms with Gasteiger partial charge in [0.1, 0.15) is 9.88 Å². The predicted octanol–water partition coefficient (Wildman–Crippen LogP) is 3.29. The largest absolute Gasteiger partial charge is 0.477 e. The quantitative estimate of drug-likeness (QED) is 0.904. The molecule has 7 heteroatoms. The minimum atomic E-state index is -1.03. The molecule has 0 aliphatic heterocycles. The number of hydrogen-bond acceptors (Lipinski definition) is 4. The fraction of sp³-hybridized carbons (Fsp3) is 0.214. The Morgan fingerprint density at radius 3 is 2.71 bits per heavy atom. The average Bonchev–Trinajstić information content (AvgIpc) is 2.74. The second kappa shape index (κ2) is 6.24. The van der Waals surface area contributed by atoms with Gasteiger partial charge in [0.15, 0.2) is 0 Å². The molecule has 1 amide bonds. The number of carbonyl (C=O) groups is 2.